The summed E-state index contributed by atoms with van der Waals surface area (Å²) in [7, 11) is 0. The third-order valence-corrected chi connectivity index (χ3v) is 8.65. The van der Waals surface area contributed by atoms with Crippen LogP contribution in [0.1, 0.15) is 84.8 Å². The van der Waals surface area contributed by atoms with Crippen LogP contribution >= 0.6 is 0 Å². The summed E-state index contributed by atoms with van der Waals surface area (Å²) < 4.78 is 11.3. The number of imidazole rings is 2. The summed E-state index contributed by atoms with van der Waals surface area (Å²) in [5, 5.41) is 14.0. The Balaban J connectivity index is 1.23. The van der Waals surface area contributed by atoms with Gasteiger partial charge in [-0.25, -0.2) is 14.8 Å². The van der Waals surface area contributed by atoms with Gasteiger partial charge in [0.2, 0.25) is 0 Å². The average molecular weight is 649 g/mol. The van der Waals surface area contributed by atoms with Gasteiger partial charge in [0.1, 0.15) is 23.0 Å². The zero-order chi connectivity index (χ0) is 34.4. The molecule has 1 aliphatic heterocycles. The van der Waals surface area contributed by atoms with Crippen LogP contribution < -0.4 is 5.32 Å². The monoisotopic (exact) mass is 648 g/mol. The Kier molecular flexibility index (Phi) is 8.72. The molecule has 2 aromatic heterocycles. The molecule has 0 bridgehead atoms. The molecule has 3 aromatic carbocycles. The summed E-state index contributed by atoms with van der Waals surface area (Å²) in [5.41, 5.74) is 4.24. The maximum Gasteiger partial charge on any atom is 0.353 e. The van der Waals surface area contributed by atoms with Crippen LogP contribution in [-0.2, 0) is 19.1 Å². The summed E-state index contributed by atoms with van der Waals surface area (Å²) in [6, 6.07) is 18.8. The van der Waals surface area contributed by atoms with Crippen molar-refractivity contribution in [1.82, 2.24) is 25.3 Å². The Morgan fingerprint density at radius 1 is 0.938 bits per heavy atom. The van der Waals surface area contributed by atoms with Gasteiger partial charge in [0.05, 0.1) is 40.2 Å². The Morgan fingerprint density at radius 3 is 2.33 bits per heavy atom. The first-order valence-electron chi connectivity index (χ1n) is 16.6. The Hall–Kier alpha value is -4.83. The van der Waals surface area contributed by atoms with E-state index in [0.29, 0.717) is 12.2 Å². The van der Waals surface area contributed by atoms with Gasteiger partial charge in [-0.15, -0.1) is 0 Å². The molecule has 4 N–H and O–H groups in total. The predicted octanol–water partition coefficient (Wildman–Crippen LogP) is 7.62. The van der Waals surface area contributed by atoms with E-state index in [0.717, 1.165) is 63.0 Å². The number of hydrogen-bond donors (Lipinski definition) is 4. The second-order valence-corrected chi connectivity index (χ2v) is 14.6. The fourth-order valence-electron chi connectivity index (χ4n) is 6.02. The highest BCUT2D eigenvalue weighted by Gasteiger charge is 2.36. The number of aromatic amines is 2. The zero-order valence-electron chi connectivity index (χ0n) is 28.7. The molecule has 5 aromatic rings. The summed E-state index contributed by atoms with van der Waals surface area (Å²) in [4.78, 5) is 41.5. The standard InChI is InChI=1S/C38H44N6O4/c1-8-26(31(39)35(45)48-38(5,6)7)33-42-28-14-13-23(19-29(28)43-33)22-11-9-21-10-12-24(18-25(21)17-22)30-20-41-32(44-30)27-15-16-40-34(27)47-36(46)37(2,3)4/h9-14,17-20,26-27,34,39-40H,8,15-16H2,1-7H3,(H,41,44)(H,42,43)/t26-,27?,34?/m0/s1. The molecule has 1 fully saturated rings. The van der Waals surface area contributed by atoms with E-state index in [1.54, 1.807) is 20.8 Å². The van der Waals surface area contributed by atoms with E-state index in [9.17, 15) is 9.59 Å². The minimum absolute atomic E-state index is 0.0504. The second-order valence-electron chi connectivity index (χ2n) is 14.6. The highest BCUT2D eigenvalue weighted by Crippen LogP contribution is 2.33. The molecule has 10 nitrogen and oxygen atoms in total. The normalized spacial score (nSPS) is 17.5. The Labute approximate surface area is 280 Å². The van der Waals surface area contributed by atoms with Crippen LogP contribution in [0.25, 0.3) is 44.2 Å². The first kappa shape index (κ1) is 33.1. The quantitative estimate of drug-likeness (QED) is 0.100. The molecule has 0 aliphatic carbocycles. The van der Waals surface area contributed by atoms with E-state index in [2.05, 4.69) is 62.7 Å². The summed E-state index contributed by atoms with van der Waals surface area (Å²) in [6.07, 6.45) is 2.79. The van der Waals surface area contributed by atoms with E-state index in [1.807, 2.05) is 46.0 Å². The third-order valence-electron chi connectivity index (χ3n) is 8.65. The van der Waals surface area contributed by atoms with Crippen molar-refractivity contribution in [3.05, 3.63) is 72.4 Å². The fraction of sp³-hybridized carbons (Fsp3) is 0.395. The molecule has 0 spiro atoms. The van der Waals surface area contributed by atoms with E-state index < -0.39 is 29.1 Å². The van der Waals surface area contributed by atoms with Gasteiger partial charge >= 0.3 is 11.9 Å². The van der Waals surface area contributed by atoms with E-state index in [1.165, 1.54) is 0 Å². The molecule has 6 rings (SSSR count). The molecule has 1 aliphatic rings. The third kappa shape index (κ3) is 6.89. The number of esters is 2. The lowest BCUT2D eigenvalue weighted by molar-refractivity contribution is -0.160. The minimum Gasteiger partial charge on any atom is -0.455 e. The second kappa shape index (κ2) is 12.6. The molecule has 0 radical (unpaired) electrons. The number of ether oxygens (including phenoxy) is 2. The maximum atomic E-state index is 12.6. The lowest BCUT2D eigenvalue weighted by Crippen LogP contribution is -2.36. The van der Waals surface area contributed by atoms with Crippen LogP contribution in [0.15, 0.2) is 60.8 Å². The first-order valence-corrected chi connectivity index (χ1v) is 16.6. The number of H-pyrrole nitrogens is 2. The van der Waals surface area contributed by atoms with Crippen molar-refractivity contribution in [3.63, 3.8) is 0 Å². The summed E-state index contributed by atoms with van der Waals surface area (Å²) in [6.45, 7) is 13.6. The van der Waals surface area contributed by atoms with Crippen molar-refractivity contribution in [1.29, 1.82) is 5.41 Å². The largest absolute Gasteiger partial charge is 0.455 e. The average Bonchev–Trinajstić information content (AvgIpc) is 3.79. The molecule has 2 unspecified atom stereocenters. The van der Waals surface area contributed by atoms with Crippen molar-refractivity contribution in [2.45, 2.75) is 85.0 Å². The number of aromatic nitrogens is 4. The van der Waals surface area contributed by atoms with Crippen LogP contribution in [0.5, 0.6) is 0 Å². The molecule has 0 amide bonds. The van der Waals surface area contributed by atoms with Gasteiger partial charge in [-0.1, -0.05) is 37.3 Å². The van der Waals surface area contributed by atoms with E-state index in [-0.39, 0.29) is 17.6 Å². The smallest absolute Gasteiger partial charge is 0.353 e. The Bertz CT molecular complexity index is 2010. The summed E-state index contributed by atoms with van der Waals surface area (Å²) in [5.74, 6) is -0.0275. The lowest BCUT2D eigenvalue weighted by Gasteiger charge is -2.23. The minimum atomic E-state index is -0.674. The number of carbonyl (C=O) groups excluding carboxylic acids is 2. The molecule has 3 heterocycles. The SMILES string of the molecule is CC[C@@H](C(=N)C(=O)OC(C)(C)C)c1nc2ccc(-c3ccc4ccc(-c5cnc(C6CCNC6OC(=O)C(C)(C)C)[nH]5)cc4c3)cc2[nH]1. The van der Waals surface area contributed by atoms with Gasteiger partial charge in [-0.05, 0) is 107 Å². The lowest BCUT2D eigenvalue weighted by atomic mass is 9.97. The molecule has 10 heteroatoms. The topological polar surface area (TPSA) is 146 Å². The number of nitrogens with zero attached hydrogens (tertiary/aromatic N) is 2. The van der Waals surface area contributed by atoms with Crippen LogP contribution in [-0.4, -0.2) is 56.0 Å². The van der Waals surface area contributed by atoms with Gasteiger partial charge < -0.3 is 19.4 Å². The predicted molar refractivity (Wildman–Crippen MR) is 188 cm³/mol. The number of nitrogens with one attached hydrogen (secondary N) is 4. The van der Waals surface area contributed by atoms with Crippen molar-refractivity contribution < 1.29 is 19.1 Å². The maximum absolute atomic E-state index is 12.6. The molecule has 3 atom stereocenters. The molecule has 48 heavy (non-hydrogen) atoms. The Morgan fingerprint density at radius 2 is 1.62 bits per heavy atom. The molecule has 1 saturated heterocycles. The van der Waals surface area contributed by atoms with Crippen molar-refractivity contribution >= 4 is 39.5 Å². The zero-order valence-corrected chi connectivity index (χ0v) is 28.7. The molecule has 250 valence electrons. The van der Waals surface area contributed by atoms with E-state index in [4.69, 9.17) is 19.9 Å². The number of benzene rings is 3. The fourth-order valence-corrected chi connectivity index (χ4v) is 6.02. The van der Waals surface area contributed by atoms with E-state index >= 15 is 0 Å². The van der Waals surface area contributed by atoms with Gasteiger partial charge in [-0.2, -0.15) is 0 Å². The van der Waals surface area contributed by atoms with Crippen LogP contribution in [0, 0.1) is 10.8 Å². The summed E-state index contributed by atoms with van der Waals surface area (Å²) >= 11 is 0. The van der Waals surface area contributed by atoms with Crippen LogP contribution in [0.4, 0.5) is 0 Å². The number of hydrogen-bond acceptors (Lipinski definition) is 8. The highest BCUT2D eigenvalue weighted by atomic mass is 16.6. The van der Waals surface area contributed by atoms with Gasteiger partial charge in [0.15, 0.2) is 6.23 Å². The van der Waals surface area contributed by atoms with Gasteiger partial charge in [0, 0.05) is 5.56 Å². The highest BCUT2D eigenvalue weighted by molar-refractivity contribution is 6.37. The number of carbonyl (C=O) groups is 2. The van der Waals surface area contributed by atoms with Crippen LogP contribution in [0.2, 0.25) is 0 Å². The molecular weight excluding hydrogens is 604 g/mol. The first-order chi connectivity index (χ1) is 22.7. The van der Waals surface area contributed by atoms with Crippen molar-refractivity contribution in [2.24, 2.45) is 5.41 Å². The molecule has 0 saturated carbocycles. The van der Waals surface area contributed by atoms with Crippen LogP contribution in [0.3, 0.4) is 0 Å². The number of fused-ring (bicyclic) bond motifs is 2. The van der Waals surface area contributed by atoms with Crippen molar-refractivity contribution in [3.8, 4) is 22.4 Å². The number of rotatable bonds is 8. The van der Waals surface area contributed by atoms with Gasteiger partial charge in [0.25, 0.3) is 0 Å². The van der Waals surface area contributed by atoms with Crippen molar-refractivity contribution in [2.75, 3.05) is 6.54 Å². The van der Waals surface area contributed by atoms with Gasteiger partial charge in [-0.3, -0.25) is 15.5 Å². The molecular formula is C38H44N6O4.